The Kier molecular flexibility index (Phi) is 4.61. The SMILES string of the molecule is COc1ccc(Cl)cc1NC(=O)[C@@H](N)c1ccccc1. The Morgan fingerprint density at radius 2 is 1.95 bits per heavy atom. The molecule has 0 fully saturated rings. The van der Waals surface area contributed by atoms with Gasteiger partial charge >= 0.3 is 0 Å². The van der Waals surface area contributed by atoms with Gasteiger partial charge in [-0.15, -0.1) is 0 Å². The smallest absolute Gasteiger partial charge is 0.245 e. The number of anilines is 1. The van der Waals surface area contributed by atoms with Crippen molar-refractivity contribution in [3.63, 3.8) is 0 Å². The first-order chi connectivity index (χ1) is 9.61. The van der Waals surface area contributed by atoms with E-state index in [1.165, 1.54) is 7.11 Å². The first-order valence-electron chi connectivity index (χ1n) is 6.06. The van der Waals surface area contributed by atoms with Crippen LogP contribution in [0.3, 0.4) is 0 Å². The Hall–Kier alpha value is -2.04. The molecule has 1 amide bonds. The lowest BCUT2D eigenvalue weighted by Crippen LogP contribution is -2.27. The lowest BCUT2D eigenvalue weighted by Gasteiger charge is -2.14. The summed E-state index contributed by atoms with van der Waals surface area (Å²) in [6.45, 7) is 0. The lowest BCUT2D eigenvalue weighted by atomic mass is 10.1. The number of benzene rings is 2. The predicted molar refractivity (Wildman–Crippen MR) is 80.0 cm³/mol. The van der Waals surface area contributed by atoms with E-state index in [-0.39, 0.29) is 5.91 Å². The monoisotopic (exact) mass is 290 g/mol. The van der Waals surface area contributed by atoms with Crippen LogP contribution in [0.4, 0.5) is 5.69 Å². The minimum atomic E-state index is -0.750. The molecule has 0 aliphatic rings. The quantitative estimate of drug-likeness (QED) is 0.910. The molecule has 2 aromatic carbocycles. The third-order valence-corrected chi connectivity index (χ3v) is 3.10. The van der Waals surface area contributed by atoms with Crippen molar-refractivity contribution in [2.75, 3.05) is 12.4 Å². The Bertz CT molecular complexity index is 602. The number of rotatable bonds is 4. The molecule has 0 saturated heterocycles. The minimum Gasteiger partial charge on any atom is -0.495 e. The van der Waals surface area contributed by atoms with Crippen molar-refractivity contribution in [2.24, 2.45) is 5.73 Å². The number of methoxy groups -OCH3 is 1. The maximum atomic E-state index is 12.2. The number of halogens is 1. The highest BCUT2D eigenvalue weighted by Gasteiger charge is 2.17. The summed E-state index contributed by atoms with van der Waals surface area (Å²) < 4.78 is 5.17. The van der Waals surface area contributed by atoms with Gasteiger partial charge in [-0.3, -0.25) is 4.79 Å². The topological polar surface area (TPSA) is 64.3 Å². The van der Waals surface area contributed by atoms with Gasteiger partial charge in [0.2, 0.25) is 5.91 Å². The summed E-state index contributed by atoms with van der Waals surface area (Å²) >= 11 is 5.92. The van der Waals surface area contributed by atoms with Crippen LogP contribution in [0.15, 0.2) is 48.5 Å². The van der Waals surface area contributed by atoms with Crippen molar-refractivity contribution in [1.82, 2.24) is 0 Å². The molecule has 2 rings (SSSR count). The summed E-state index contributed by atoms with van der Waals surface area (Å²) in [5.41, 5.74) is 7.17. The van der Waals surface area contributed by atoms with E-state index >= 15 is 0 Å². The van der Waals surface area contributed by atoms with E-state index in [1.54, 1.807) is 30.3 Å². The maximum Gasteiger partial charge on any atom is 0.245 e. The van der Waals surface area contributed by atoms with Gasteiger partial charge < -0.3 is 15.8 Å². The molecule has 0 spiro atoms. The standard InChI is InChI=1S/C15H15ClN2O2/c1-20-13-8-7-11(16)9-12(13)18-15(19)14(17)10-5-3-2-4-6-10/h2-9,14H,17H2,1H3,(H,18,19)/t14-/m0/s1. The van der Waals surface area contributed by atoms with Gasteiger partial charge in [0.05, 0.1) is 12.8 Å². The van der Waals surface area contributed by atoms with Crippen molar-refractivity contribution in [3.05, 3.63) is 59.1 Å². The van der Waals surface area contributed by atoms with Crippen molar-refractivity contribution in [3.8, 4) is 5.75 Å². The number of amides is 1. The second-order valence-electron chi connectivity index (χ2n) is 4.22. The first kappa shape index (κ1) is 14.4. The molecule has 5 heteroatoms. The summed E-state index contributed by atoms with van der Waals surface area (Å²) in [6.07, 6.45) is 0. The van der Waals surface area contributed by atoms with Gasteiger partial charge in [-0.05, 0) is 23.8 Å². The van der Waals surface area contributed by atoms with E-state index in [0.717, 1.165) is 5.56 Å². The van der Waals surface area contributed by atoms with Gasteiger partial charge in [-0.25, -0.2) is 0 Å². The van der Waals surface area contributed by atoms with E-state index in [2.05, 4.69) is 5.32 Å². The van der Waals surface area contributed by atoms with Gasteiger partial charge in [0, 0.05) is 5.02 Å². The van der Waals surface area contributed by atoms with E-state index in [0.29, 0.717) is 16.5 Å². The lowest BCUT2D eigenvalue weighted by molar-refractivity contribution is -0.117. The predicted octanol–water partition coefficient (Wildman–Crippen LogP) is 2.99. The second kappa shape index (κ2) is 6.41. The van der Waals surface area contributed by atoms with E-state index < -0.39 is 6.04 Å². The molecular weight excluding hydrogens is 276 g/mol. The molecule has 0 heterocycles. The van der Waals surface area contributed by atoms with Crippen LogP contribution >= 0.6 is 11.6 Å². The van der Waals surface area contributed by atoms with Gasteiger partial charge in [0.25, 0.3) is 0 Å². The Balaban J connectivity index is 2.18. The molecule has 104 valence electrons. The number of hydrogen-bond donors (Lipinski definition) is 2. The Labute approximate surface area is 122 Å². The zero-order chi connectivity index (χ0) is 14.5. The second-order valence-corrected chi connectivity index (χ2v) is 4.66. The van der Waals surface area contributed by atoms with Crippen LogP contribution in [-0.4, -0.2) is 13.0 Å². The Morgan fingerprint density at radius 1 is 1.25 bits per heavy atom. The average molecular weight is 291 g/mol. The normalized spacial score (nSPS) is 11.8. The zero-order valence-corrected chi connectivity index (χ0v) is 11.7. The molecule has 0 saturated carbocycles. The van der Waals surface area contributed by atoms with Gasteiger partial charge in [0.1, 0.15) is 11.8 Å². The largest absolute Gasteiger partial charge is 0.495 e. The van der Waals surface area contributed by atoms with Crippen molar-refractivity contribution in [1.29, 1.82) is 0 Å². The number of carbonyl (C=O) groups is 1. The minimum absolute atomic E-state index is 0.322. The summed E-state index contributed by atoms with van der Waals surface area (Å²) in [6, 6.07) is 13.4. The molecule has 0 unspecified atom stereocenters. The fourth-order valence-electron chi connectivity index (χ4n) is 1.80. The van der Waals surface area contributed by atoms with Gasteiger partial charge in [0.15, 0.2) is 0 Å². The van der Waals surface area contributed by atoms with Crippen molar-refractivity contribution < 1.29 is 9.53 Å². The van der Waals surface area contributed by atoms with Gasteiger partial charge in [-0.1, -0.05) is 41.9 Å². The fraction of sp³-hybridized carbons (Fsp3) is 0.133. The third kappa shape index (κ3) is 3.29. The van der Waals surface area contributed by atoms with Crippen LogP contribution < -0.4 is 15.8 Å². The zero-order valence-electron chi connectivity index (χ0n) is 11.0. The van der Waals surface area contributed by atoms with E-state index in [1.807, 2.05) is 18.2 Å². The number of nitrogens with two attached hydrogens (primary N) is 1. The van der Waals surface area contributed by atoms with Crippen LogP contribution in [0.2, 0.25) is 5.02 Å². The van der Waals surface area contributed by atoms with Crippen LogP contribution in [-0.2, 0) is 4.79 Å². The number of hydrogen-bond acceptors (Lipinski definition) is 3. The average Bonchev–Trinajstić information content (AvgIpc) is 2.47. The third-order valence-electron chi connectivity index (χ3n) is 2.86. The van der Waals surface area contributed by atoms with Crippen molar-refractivity contribution in [2.45, 2.75) is 6.04 Å². The molecule has 1 atom stereocenters. The summed E-state index contributed by atoms with van der Waals surface area (Å²) in [5.74, 6) is 0.208. The molecule has 0 aromatic heterocycles. The highest BCUT2D eigenvalue weighted by atomic mass is 35.5. The van der Waals surface area contributed by atoms with Gasteiger partial charge in [-0.2, -0.15) is 0 Å². The fourth-order valence-corrected chi connectivity index (χ4v) is 1.97. The maximum absolute atomic E-state index is 12.2. The van der Waals surface area contributed by atoms with E-state index in [4.69, 9.17) is 22.1 Å². The highest BCUT2D eigenvalue weighted by molar-refractivity contribution is 6.31. The molecule has 0 radical (unpaired) electrons. The molecule has 0 bridgehead atoms. The molecule has 3 N–H and O–H groups in total. The summed E-state index contributed by atoms with van der Waals surface area (Å²) in [4.78, 5) is 12.2. The van der Waals surface area contributed by atoms with E-state index in [9.17, 15) is 4.79 Å². The molecular formula is C15H15ClN2O2. The van der Waals surface area contributed by atoms with Crippen LogP contribution in [0.1, 0.15) is 11.6 Å². The number of nitrogens with one attached hydrogen (secondary N) is 1. The summed E-state index contributed by atoms with van der Waals surface area (Å²) in [7, 11) is 1.52. The first-order valence-corrected chi connectivity index (χ1v) is 6.44. The molecule has 20 heavy (non-hydrogen) atoms. The summed E-state index contributed by atoms with van der Waals surface area (Å²) in [5, 5.41) is 3.24. The highest BCUT2D eigenvalue weighted by Crippen LogP contribution is 2.28. The molecule has 0 aliphatic heterocycles. The molecule has 0 aliphatic carbocycles. The number of carbonyl (C=O) groups excluding carboxylic acids is 1. The van der Waals surface area contributed by atoms with Crippen LogP contribution in [0, 0.1) is 0 Å². The molecule has 2 aromatic rings. The molecule has 4 nitrogen and oxygen atoms in total. The van der Waals surface area contributed by atoms with Crippen molar-refractivity contribution >= 4 is 23.2 Å². The van der Waals surface area contributed by atoms with Crippen LogP contribution in [0.5, 0.6) is 5.75 Å². The Morgan fingerprint density at radius 3 is 2.60 bits per heavy atom. The van der Waals surface area contributed by atoms with Crippen LogP contribution in [0.25, 0.3) is 0 Å². The number of ether oxygens (including phenoxy) is 1.